The molecular weight excluding hydrogens is 305 g/mol. The lowest BCUT2D eigenvalue weighted by Gasteiger charge is -2.09. The van der Waals surface area contributed by atoms with Gasteiger partial charge in [-0.1, -0.05) is 35.3 Å². The number of sulfonamides is 1. The quantitative estimate of drug-likeness (QED) is 0.926. The number of hydrogen-bond donors (Lipinski definition) is 1. The van der Waals surface area contributed by atoms with E-state index in [-0.39, 0.29) is 9.92 Å². The van der Waals surface area contributed by atoms with Crippen LogP contribution in [0.4, 0.5) is 5.69 Å². The molecule has 0 aliphatic rings. The van der Waals surface area contributed by atoms with Crippen molar-refractivity contribution in [1.29, 1.82) is 0 Å². The van der Waals surface area contributed by atoms with Crippen molar-refractivity contribution in [1.82, 2.24) is 0 Å². The summed E-state index contributed by atoms with van der Waals surface area (Å²) in [5.74, 6) is 0. The standard InChI is InChI=1S/C13H11Cl2NO2S/c1-9-3-2-4-10(7-9)16-19(17,18)11-5-6-12(14)13(15)8-11/h2-8,16H,1H3. The second-order valence-corrected chi connectivity index (χ2v) is 6.55. The van der Waals surface area contributed by atoms with Gasteiger partial charge in [-0.3, -0.25) is 4.72 Å². The molecule has 0 aliphatic heterocycles. The zero-order valence-corrected chi connectivity index (χ0v) is 12.4. The number of hydrogen-bond acceptors (Lipinski definition) is 2. The molecule has 0 spiro atoms. The normalized spacial score (nSPS) is 11.3. The number of aryl methyl sites for hydroxylation is 1. The van der Waals surface area contributed by atoms with Crippen molar-refractivity contribution in [2.75, 3.05) is 4.72 Å². The first kappa shape index (κ1) is 14.2. The summed E-state index contributed by atoms with van der Waals surface area (Å²) in [4.78, 5) is 0.0726. The van der Waals surface area contributed by atoms with Crippen LogP contribution in [0.25, 0.3) is 0 Å². The van der Waals surface area contributed by atoms with Gasteiger partial charge in [-0.25, -0.2) is 8.42 Å². The van der Waals surface area contributed by atoms with Gasteiger partial charge in [0.05, 0.1) is 14.9 Å². The van der Waals surface area contributed by atoms with E-state index >= 15 is 0 Å². The molecule has 2 aromatic carbocycles. The average Bonchev–Trinajstić information content (AvgIpc) is 2.32. The van der Waals surface area contributed by atoms with Gasteiger partial charge in [0, 0.05) is 5.69 Å². The Morgan fingerprint density at radius 3 is 2.37 bits per heavy atom. The van der Waals surface area contributed by atoms with Gasteiger partial charge in [-0.05, 0) is 42.8 Å². The van der Waals surface area contributed by atoms with Gasteiger partial charge in [-0.15, -0.1) is 0 Å². The van der Waals surface area contributed by atoms with Gasteiger partial charge in [0.25, 0.3) is 10.0 Å². The molecule has 0 heterocycles. The third-order valence-corrected chi connectivity index (χ3v) is 4.59. The average molecular weight is 316 g/mol. The minimum absolute atomic E-state index is 0.0726. The third-order valence-electron chi connectivity index (χ3n) is 2.47. The molecule has 0 saturated carbocycles. The molecule has 2 aromatic rings. The van der Waals surface area contributed by atoms with E-state index in [1.165, 1.54) is 18.2 Å². The van der Waals surface area contributed by atoms with Gasteiger partial charge < -0.3 is 0 Å². The zero-order valence-electron chi connectivity index (χ0n) is 10.0. The van der Waals surface area contributed by atoms with E-state index in [1.807, 2.05) is 13.0 Å². The second kappa shape index (κ2) is 5.41. The van der Waals surface area contributed by atoms with Crippen LogP contribution in [0.15, 0.2) is 47.4 Å². The smallest absolute Gasteiger partial charge is 0.261 e. The molecule has 0 radical (unpaired) electrons. The highest BCUT2D eigenvalue weighted by Gasteiger charge is 2.15. The van der Waals surface area contributed by atoms with E-state index in [9.17, 15) is 8.42 Å². The van der Waals surface area contributed by atoms with Gasteiger partial charge in [0.2, 0.25) is 0 Å². The Morgan fingerprint density at radius 1 is 1.00 bits per heavy atom. The fraction of sp³-hybridized carbons (Fsp3) is 0.0769. The number of benzene rings is 2. The van der Waals surface area contributed by atoms with E-state index in [2.05, 4.69) is 4.72 Å². The molecule has 100 valence electrons. The van der Waals surface area contributed by atoms with Gasteiger partial charge in [-0.2, -0.15) is 0 Å². The van der Waals surface area contributed by atoms with E-state index in [1.54, 1.807) is 18.2 Å². The van der Waals surface area contributed by atoms with Crippen molar-refractivity contribution < 1.29 is 8.42 Å². The maximum Gasteiger partial charge on any atom is 0.261 e. The van der Waals surface area contributed by atoms with Gasteiger partial charge in [0.15, 0.2) is 0 Å². The topological polar surface area (TPSA) is 46.2 Å². The summed E-state index contributed by atoms with van der Waals surface area (Å²) in [6.07, 6.45) is 0. The van der Waals surface area contributed by atoms with Crippen LogP contribution < -0.4 is 4.72 Å². The van der Waals surface area contributed by atoms with Crippen molar-refractivity contribution in [2.45, 2.75) is 11.8 Å². The fourth-order valence-corrected chi connectivity index (χ4v) is 3.00. The number of rotatable bonds is 3. The summed E-state index contributed by atoms with van der Waals surface area (Å²) < 4.78 is 26.8. The minimum Gasteiger partial charge on any atom is -0.280 e. The molecule has 19 heavy (non-hydrogen) atoms. The summed E-state index contributed by atoms with van der Waals surface area (Å²) >= 11 is 11.6. The zero-order chi connectivity index (χ0) is 14.0. The Bertz CT molecular complexity index is 714. The van der Waals surface area contributed by atoms with Crippen LogP contribution in [0.1, 0.15) is 5.56 Å². The molecule has 0 aromatic heterocycles. The maximum absolute atomic E-state index is 12.2. The summed E-state index contributed by atoms with van der Waals surface area (Å²) in [5.41, 5.74) is 1.47. The second-order valence-electron chi connectivity index (χ2n) is 4.05. The molecule has 0 atom stereocenters. The minimum atomic E-state index is -3.66. The SMILES string of the molecule is Cc1cccc(NS(=O)(=O)c2ccc(Cl)c(Cl)c2)c1. The van der Waals surface area contributed by atoms with Crippen LogP contribution in [0.5, 0.6) is 0 Å². The molecule has 0 fully saturated rings. The van der Waals surface area contributed by atoms with E-state index < -0.39 is 10.0 Å². The summed E-state index contributed by atoms with van der Waals surface area (Å²) in [5, 5.41) is 0.518. The lowest BCUT2D eigenvalue weighted by Crippen LogP contribution is -2.12. The van der Waals surface area contributed by atoms with Crippen molar-refractivity contribution >= 4 is 38.9 Å². The highest BCUT2D eigenvalue weighted by molar-refractivity contribution is 7.92. The molecule has 0 unspecified atom stereocenters. The first-order valence-corrected chi connectivity index (χ1v) is 7.67. The predicted molar refractivity (Wildman–Crippen MR) is 78.4 cm³/mol. The predicted octanol–water partition coefficient (Wildman–Crippen LogP) is 4.10. The number of halogens is 2. The Kier molecular flexibility index (Phi) is 4.04. The summed E-state index contributed by atoms with van der Waals surface area (Å²) in [7, 11) is -3.66. The summed E-state index contributed by atoms with van der Waals surface area (Å²) in [6, 6.07) is 11.3. The largest absolute Gasteiger partial charge is 0.280 e. The van der Waals surface area contributed by atoms with Crippen LogP contribution in [0.3, 0.4) is 0 Å². The first-order valence-electron chi connectivity index (χ1n) is 5.43. The third kappa shape index (κ3) is 3.41. The molecule has 0 bridgehead atoms. The molecule has 2 rings (SSSR count). The molecule has 0 saturated heterocycles. The lowest BCUT2D eigenvalue weighted by atomic mass is 10.2. The van der Waals surface area contributed by atoms with Gasteiger partial charge in [0.1, 0.15) is 0 Å². The number of anilines is 1. The fourth-order valence-electron chi connectivity index (χ4n) is 1.57. The molecule has 0 aliphatic carbocycles. The van der Waals surface area contributed by atoms with Crippen LogP contribution in [-0.2, 0) is 10.0 Å². The van der Waals surface area contributed by atoms with Crippen molar-refractivity contribution in [2.24, 2.45) is 0 Å². The van der Waals surface area contributed by atoms with Gasteiger partial charge >= 0.3 is 0 Å². The van der Waals surface area contributed by atoms with Crippen LogP contribution in [0.2, 0.25) is 10.0 Å². The molecular formula is C13H11Cl2NO2S. The maximum atomic E-state index is 12.2. The Labute approximate surface area is 122 Å². The lowest BCUT2D eigenvalue weighted by molar-refractivity contribution is 0.601. The monoisotopic (exact) mass is 315 g/mol. The molecule has 1 N–H and O–H groups in total. The van der Waals surface area contributed by atoms with Crippen molar-refractivity contribution in [3.05, 3.63) is 58.1 Å². The highest BCUT2D eigenvalue weighted by atomic mass is 35.5. The molecule has 3 nitrogen and oxygen atoms in total. The Morgan fingerprint density at radius 2 is 1.74 bits per heavy atom. The Balaban J connectivity index is 2.35. The van der Waals surface area contributed by atoms with E-state index in [4.69, 9.17) is 23.2 Å². The van der Waals surface area contributed by atoms with E-state index in [0.717, 1.165) is 5.56 Å². The van der Waals surface area contributed by atoms with Crippen LogP contribution in [0, 0.1) is 6.92 Å². The van der Waals surface area contributed by atoms with Crippen LogP contribution >= 0.6 is 23.2 Å². The number of nitrogens with one attached hydrogen (secondary N) is 1. The first-order chi connectivity index (χ1) is 8.88. The Hall–Kier alpha value is -1.23. The van der Waals surface area contributed by atoms with Crippen molar-refractivity contribution in [3.8, 4) is 0 Å². The van der Waals surface area contributed by atoms with Crippen LogP contribution in [-0.4, -0.2) is 8.42 Å². The molecule has 0 amide bonds. The van der Waals surface area contributed by atoms with Crippen molar-refractivity contribution in [3.63, 3.8) is 0 Å². The molecule has 6 heteroatoms. The summed E-state index contributed by atoms with van der Waals surface area (Å²) in [6.45, 7) is 1.89. The highest BCUT2D eigenvalue weighted by Crippen LogP contribution is 2.26. The van der Waals surface area contributed by atoms with E-state index in [0.29, 0.717) is 10.7 Å².